The van der Waals surface area contributed by atoms with E-state index in [4.69, 9.17) is 4.42 Å². The van der Waals surface area contributed by atoms with E-state index >= 15 is 0 Å². The number of pyridine rings is 1. The smallest absolute Gasteiger partial charge is 0.160 e. The van der Waals surface area contributed by atoms with E-state index < -0.39 is 0 Å². The predicted octanol–water partition coefficient (Wildman–Crippen LogP) is 3.70. The quantitative estimate of drug-likeness (QED) is 0.638. The molecule has 0 saturated heterocycles. The monoisotopic (exact) mass is 237 g/mol. The molecular formula is C15H11NO2. The number of ketones is 1. The van der Waals surface area contributed by atoms with Gasteiger partial charge in [-0.25, -0.2) is 4.98 Å². The van der Waals surface area contributed by atoms with Gasteiger partial charge in [0, 0.05) is 10.9 Å². The lowest BCUT2D eigenvalue weighted by Crippen LogP contribution is -1.97. The van der Waals surface area contributed by atoms with Gasteiger partial charge in [-0.05, 0) is 31.2 Å². The molecule has 0 amide bonds. The summed E-state index contributed by atoms with van der Waals surface area (Å²) in [6, 6.07) is 13.0. The van der Waals surface area contributed by atoms with E-state index in [1.165, 1.54) is 0 Å². The number of carbonyl (C=O) groups excluding carboxylic acids is 1. The molecule has 3 rings (SSSR count). The van der Waals surface area contributed by atoms with Crippen LogP contribution in [0.15, 0.2) is 53.1 Å². The Morgan fingerprint density at radius 2 is 2.00 bits per heavy atom. The van der Waals surface area contributed by atoms with E-state index in [0.717, 1.165) is 10.9 Å². The van der Waals surface area contributed by atoms with Gasteiger partial charge < -0.3 is 4.42 Å². The summed E-state index contributed by atoms with van der Waals surface area (Å²) >= 11 is 0. The topological polar surface area (TPSA) is 43.1 Å². The number of fused-ring (bicyclic) bond motifs is 1. The van der Waals surface area contributed by atoms with Crippen LogP contribution in [0.3, 0.4) is 0 Å². The fraction of sp³-hybridized carbons (Fsp3) is 0.0667. The van der Waals surface area contributed by atoms with Crippen LogP contribution in [-0.2, 0) is 0 Å². The number of Topliss-reactive ketones (excluding diaryl/α,β-unsaturated/α-hetero) is 1. The fourth-order valence-corrected chi connectivity index (χ4v) is 2.02. The van der Waals surface area contributed by atoms with Crippen molar-refractivity contribution in [3.8, 4) is 11.5 Å². The second-order valence-electron chi connectivity index (χ2n) is 4.11. The molecule has 0 bridgehead atoms. The van der Waals surface area contributed by atoms with Gasteiger partial charge >= 0.3 is 0 Å². The molecular weight excluding hydrogens is 226 g/mol. The van der Waals surface area contributed by atoms with Gasteiger partial charge in [0.05, 0.1) is 11.8 Å². The van der Waals surface area contributed by atoms with Gasteiger partial charge in [-0.15, -0.1) is 0 Å². The second kappa shape index (κ2) is 4.11. The van der Waals surface area contributed by atoms with Crippen molar-refractivity contribution in [2.75, 3.05) is 0 Å². The Labute approximate surface area is 104 Å². The van der Waals surface area contributed by atoms with Crippen molar-refractivity contribution < 1.29 is 9.21 Å². The summed E-state index contributed by atoms with van der Waals surface area (Å²) in [5.41, 5.74) is 2.16. The molecule has 0 unspecified atom stereocenters. The van der Waals surface area contributed by atoms with Crippen LogP contribution in [0.25, 0.3) is 22.4 Å². The maximum atomic E-state index is 11.7. The molecule has 0 aliphatic rings. The Hall–Kier alpha value is -2.42. The van der Waals surface area contributed by atoms with Crippen molar-refractivity contribution in [1.82, 2.24) is 4.98 Å². The van der Waals surface area contributed by atoms with Gasteiger partial charge in [-0.1, -0.05) is 18.2 Å². The summed E-state index contributed by atoms with van der Waals surface area (Å²) in [4.78, 5) is 16.2. The third kappa shape index (κ3) is 1.70. The maximum absolute atomic E-state index is 11.7. The first-order valence-corrected chi connectivity index (χ1v) is 5.70. The molecule has 0 radical (unpaired) electrons. The molecule has 18 heavy (non-hydrogen) atoms. The predicted molar refractivity (Wildman–Crippen MR) is 69.4 cm³/mol. The molecule has 0 spiro atoms. The van der Waals surface area contributed by atoms with Gasteiger partial charge in [0.15, 0.2) is 11.5 Å². The van der Waals surface area contributed by atoms with Gasteiger partial charge in [0.1, 0.15) is 5.69 Å². The van der Waals surface area contributed by atoms with Crippen LogP contribution in [-0.4, -0.2) is 10.8 Å². The average Bonchev–Trinajstić information content (AvgIpc) is 2.91. The van der Waals surface area contributed by atoms with Crippen molar-refractivity contribution in [3.63, 3.8) is 0 Å². The molecule has 3 nitrogen and oxygen atoms in total. The summed E-state index contributed by atoms with van der Waals surface area (Å²) < 4.78 is 5.33. The van der Waals surface area contributed by atoms with Gasteiger partial charge in [-0.3, -0.25) is 4.79 Å². The Bertz CT molecular complexity index is 714. The highest BCUT2D eigenvalue weighted by molar-refractivity contribution is 6.07. The minimum atomic E-state index is 0.0291. The highest BCUT2D eigenvalue weighted by atomic mass is 16.3. The average molecular weight is 237 g/mol. The number of para-hydroxylation sites is 1. The van der Waals surface area contributed by atoms with Crippen LogP contribution >= 0.6 is 0 Å². The molecule has 0 saturated carbocycles. The summed E-state index contributed by atoms with van der Waals surface area (Å²) in [5, 5.41) is 0.875. The number of aromatic nitrogens is 1. The largest absolute Gasteiger partial charge is 0.463 e. The molecule has 88 valence electrons. The Morgan fingerprint density at radius 1 is 1.17 bits per heavy atom. The van der Waals surface area contributed by atoms with Crippen molar-refractivity contribution >= 4 is 16.7 Å². The summed E-state index contributed by atoms with van der Waals surface area (Å²) in [5.74, 6) is 0.699. The Morgan fingerprint density at radius 3 is 2.72 bits per heavy atom. The lowest BCUT2D eigenvalue weighted by molar-refractivity contribution is 0.101. The van der Waals surface area contributed by atoms with Crippen molar-refractivity contribution in [3.05, 3.63) is 54.3 Å². The van der Waals surface area contributed by atoms with Crippen molar-refractivity contribution in [1.29, 1.82) is 0 Å². The molecule has 1 aromatic carbocycles. The number of furan rings is 1. The molecule has 2 heterocycles. The number of hydrogen-bond acceptors (Lipinski definition) is 3. The van der Waals surface area contributed by atoms with Crippen LogP contribution in [0.1, 0.15) is 17.3 Å². The van der Waals surface area contributed by atoms with E-state index in [2.05, 4.69) is 4.98 Å². The second-order valence-corrected chi connectivity index (χ2v) is 4.11. The minimum Gasteiger partial charge on any atom is -0.463 e. The van der Waals surface area contributed by atoms with Crippen LogP contribution in [0.5, 0.6) is 0 Å². The number of hydrogen-bond donors (Lipinski definition) is 0. The van der Waals surface area contributed by atoms with Crippen LogP contribution < -0.4 is 0 Å². The molecule has 3 aromatic rings. The zero-order valence-electron chi connectivity index (χ0n) is 9.88. The molecule has 2 aromatic heterocycles. The highest BCUT2D eigenvalue weighted by Gasteiger charge is 2.11. The van der Waals surface area contributed by atoms with E-state index in [1.807, 2.05) is 30.3 Å². The van der Waals surface area contributed by atoms with Gasteiger partial charge in [0.25, 0.3) is 0 Å². The SMILES string of the molecule is CC(=O)c1cc(-c2ccco2)nc2ccccc12. The first-order chi connectivity index (χ1) is 8.75. The molecule has 0 N–H and O–H groups in total. The van der Waals surface area contributed by atoms with Gasteiger partial charge in [0.2, 0.25) is 0 Å². The lowest BCUT2D eigenvalue weighted by atomic mass is 10.0. The number of rotatable bonds is 2. The van der Waals surface area contributed by atoms with Crippen LogP contribution in [0, 0.1) is 0 Å². The van der Waals surface area contributed by atoms with Gasteiger partial charge in [-0.2, -0.15) is 0 Å². The van der Waals surface area contributed by atoms with E-state index in [-0.39, 0.29) is 5.78 Å². The highest BCUT2D eigenvalue weighted by Crippen LogP contribution is 2.25. The molecule has 0 fully saturated rings. The lowest BCUT2D eigenvalue weighted by Gasteiger charge is -2.05. The summed E-state index contributed by atoms with van der Waals surface area (Å²) in [6.45, 7) is 1.56. The molecule has 0 aliphatic carbocycles. The first kappa shape index (κ1) is 10.7. The standard InChI is InChI=1S/C15H11NO2/c1-10(17)12-9-14(15-7-4-8-18-15)16-13-6-3-2-5-11(12)13/h2-9H,1H3. The van der Waals surface area contributed by atoms with Crippen LogP contribution in [0.4, 0.5) is 0 Å². The maximum Gasteiger partial charge on any atom is 0.160 e. The first-order valence-electron chi connectivity index (χ1n) is 5.70. The number of benzene rings is 1. The summed E-state index contributed by atoms with van der Waals surface area (Å²) in [6.07, 6.45) is 1.60. The number of nitrogens with zero attached hydrogens (tertiary/aromatic N) is 1. The zero-order valence-corrected chi connectivity index (χ0v) is 9.88. The van der Waals surface area contributed by atoms with Crippen molar-refractivity contribution in [2.24, 2.45) is 0 Å². The zero-order chi connectivity index (χ0) is 12.5. The number of carbonyl (C=O) groups is 1. The Kier molecular flexibility index (Phi) is 2.45. The Balaban J connectivity index is 2.33. The third-order valence-electron chi connectivity index (χ3n) is 2.87. The summed E-state index contributed by atoms with van der Waals surface area (Å²) in [7, 11) is 0. The minimum absolute atomic E-state index is 0.0291. The third-order valence-corrected chi connectivity index (χ3v) is 2.87. The molecule has 0 aliphatic heterocycles. The van der Waals surface area contributed by atoms with Crippen molar-refractivity contribution in [2.45, 2.75) is 6.92 Å². The molecule has 3 heteroatoms. The fourth-order valence-electron chi connectivity index (χ4n) is 2.02. The van der Waals surface area contributed by atoms with E-state index in [9.17, 15) is 4.79 Å². The van der Waals surface area contributed by atoms with Crippen LogP contribution in [0.2, 0.25) is 0 Å². The van der Waals surface area contributed by atoms with E-state index in [0.29, 0.717) is 17.0 Å². The molecule has 0 atom stereocenters. The normalized spacial score (nSPS) is 10.7. The van der Waals surface area contributed by atoms with E-state index in [1.54, 1.807) is 25.3 Å².